The molecule has 0 radical (unpaired) electrons. The lowest BCUT2D eigenvalue weighted by Crippen LogP contribution is -2.30. The molecule has 1 amide bonds. The molecule has 2 aromatic heterocycles. The number of anilines is 4. The molecule has 0 saturated heterocycles. The molecule has 0 unspecified atom stereocenters. The zero-order valence-corrected chi connectivity index (χ0v) is 21.6. The van der Waals surface area contributed by atoms with Crippen LogP contribution in [0.1, 0.15) is 46.8 Å². The molecular weight excluding hydrogens is 462 g/mol. The standard InChI is InChI=1S/C29H33N7O/c1-4-13-36-14-5-6-21(17-36)20-8-10-24(19(3)16-20)33-29-34-27-22(11-12-31-27)28(35-29)32-25-9-7-18(2)15-23(25)26(30)37/h6-12,15-16H,4-5,13-14,17H2,1-3H3,(H2,30,37)(H3,31,32,33,34,35). The highest BCUT2D eigenvalue weighted by atomic mass is 16.1. The van der Waals surface area contributed by atoms with Crippen molar-refractivity contribution in [2.45, 2.75) is 33.6 Å². The van der Waals surface area contributed by atoms with Crippen LogP contribution in [0.2, 0.25) is 0 Å². The number of fused-ring (bicyclic) bond motifs is 1. The molecular formula is C29H33N7O. The number of hydrogen-bond acceptors (Lipinski definition) is 6. The van der Waals surface area contributed by atoms with Crippen molar-refractivity contribution in [3.63, 3.8) is 0 Å². The van der Waals surface area contributed by atoms with Crippen molar-refractivity contribution in [1.82, 2.24) is 19.9 Å². The second-order valence-electron chi connectivity index (χ2n) is 9.62. The molecule has 190 valence electrons. The number of aromatic nitrogens is 3. The number of amides is 1. The van der Waals surface area contributed by atoms with Crippen LogP contribution in [0.3, 0.4) is 0 Å². The molecule has 1 aliphatic heterocycles. The highest BCUT2D eigenvalue weighted by Crippen LogP contribution is 2.30. The number of aryl methyl sites for hydroxylation is 2. The van der Waals surface area contributed by atoms with Crippen LogP contribution in [-0.4, -0.2) is 45.4 Å². The first-order valence-electron chi connectivity index (χ1n) is 12.7. The van der Waals surface area contributed by atoms with Gasteiger partial charge in [0.15, 0.2) is 0 Å². The quantitative estimate of drug-likeness (QED) is 0.251. The molecule has 0 bridgehead atoms. The smallest absolute Gasteiger partial charge is 0.250 e. The number of benzene rings is 2. The Hall–Kier alpha value is -4.17. The molecule has 0 spiro atoms. The monoisotopic (exact) mass is 495 g/mol. The molecule has 4 aromatic rings. The van der Waals surface area contributed by atoms with Crippen molar-refractivity contribution in [3.05, 3.63) is 77.0 Å². The van der Waals surface area contributed by atoms with Gasteiger partial charge in [-0.1, -0.05) is 30.7 Å². The fourth-order valence-corrected chi connectivity index (χ4v) is 4.84. The molecule has 37 heavy (non-hydrogen) atoms. The molecule has 0 fully saturated rings. The highest BCUT2D eigenvalue weighted by Gasteiger charge is 2.16. The van der Waals surface area contributed by atoms with E-state index in [1.807, 2.05) is 31.3 Å². The van der Waals surface area contributed by atoms with Crippen molar-refractivity contribution in [1.29, 1.82) is 0 Å². The maximum atomic E-state index is 12.0. The molecule has 0 atom stereocenters. The average Bonchev–Trinajstić information content (AvgIpc) is 3.36. The minimum absolute atomic E-state index is 0.415. The van der Waals surface area contributed by atoms with Gasteiger partial charge in [0.2, 0.25) is 5.95 Å². The van der Waals surface area contributed by atoms with Crippen molar-refractivity contribution in [3.8, 4) is 0 Å². The van der Waals surface area contributed by atoms with Gasteiger partial charge < -0.3 is 21.4 Å². The van der Waals surface area contributed by atoms with Crippen LogP contribution in [0.15, 0.2) is 54.7 Å². The third kappa shape index (κ3) is 5.34. The number of carbonyl (C=O) groups excluding carboxylic acids is 1. The minimum atomic E-state index is -0.495. The number of rotatable bonds is 8. The molecule has 5 N–H and O–H groups in total. The fourth-order valence-electron chi connectivity index (χ4n) is 4.84. The number of H-pyrrole nitrogens is 1. The number of nitrogens with zero attached hydrogens (tertiary/aromatic N) is 3. The van der Waals surface area contributed by atoms with Gasteiger partial charge in [-0.05, 0) is 80.3 Å². The van der Waals surface area contributed by atoms with Crippen LogP contribution in [0.5, 0.6) is 0 Å². The van der Waals surface area contributed by atoms with Crippen molar-refractivity contribution < 1.29 is 4.79 Å². The van der Waals surface area contributed by atoms with Gasteiger partial charge in [0.05, 0.1) is 16.6 Å². The van der Waals surface area contributed by atoms with Crippen LogP contribution in [0.4, 0.5) is 23.1 Å². The van der Waals surface area contributed by atoms with E-state index in [1.165, 1.54) is 17.6 Å². The van der Waals surface area contributed by atoms with Gasteiger partial charge >= 0.3 is 0 Å². The predicted octanol–water partition coefficient (Wildman–Crippen LogP) is 5.66. The van der Waals surface area contributed by atoms with Crippen LogP contribution in [-0.2, 0) is 0 Å². The minimum Gasteiger partial charge on any atom is -0.366 e. The largest absolute Gasteiger partial charge is 0.366 e. The average molecular weight is 496 g/mol. The molecule has 3 heterocycles. The molecule has 0 aliphatic carbocycles. The molecule has 2 aromatic carbocycles. The van der Waals surface area contributed by atoms with Gasteiger partial charge in [0, 0.05) is 25.0 Å². The maximum Gasteiger partial charge on any atom is 0.250 e. The summed E-state index contributed by atoms with van der Waals surface area (Å²) >= 11 is 0. The second-order valence-corrected chi connectivity index (χ2v) is 9.62. The lowest BCUT2D eigenvalue weighted by molar-refractivity contribution is 0.100. The summed E-state index contributed by atoms with van der Waals surface area (Å²) in [4.78, 5) is 27.1. The lowest BCUT2D eigenvalue weighted by atomic mass is 9.98. The Bertz CT molecular complexity index is 1490. The number of aromatic amines is 1. The predicted molar refractivity (Wildman–Crippen MR) is 151 cm³/mol. The van der Waals surface area contributed by atoms with Crippen LogP contribution < -0.4 is 16.4 Å². The van der Waals surface area contributed by atoms with E-state index in [1.54, 1.807) is 6.07 Å². The van der Waals surface area contributed by atoms with E-state index >= 15 is 0 Å². The fraction of sp³-hybridized carbons (Fsp3) is 0.276. The summed E-state index contributed by atoms with van der Waals surface area (Å²) in [5, 5.41) is 7.49. The first-order valence-corrected chi connectivity index (χ1v) is 12.7. The molecule has 8 heteroatoms. The Morgan fingerprint density at radius 3 is 2.70 bits per heavy atom. The van der Waals surface area contributed by atoms with Crippen molar-refractivity contribution in [2.24, 2.45) is 5.73 Å². The number of carbonyl (C=O) groups is 1. The van der Waals surface area contributed by atoms with E-state index in [0.717, 1.165) is 48.3 Å². The summed E-state index contributed by atoms with van der Waals surface area (Å²) < 4.78 is 0. The highest BCUT2D eigenvalue weighted by molar-refractivity contribution is 6.00. The lowest BCUT2D eigenvalue weighted by Gasteiger charge is -2.27. The summed E-state index contributed by atoms with van der Waals surface area (Å²) in [6.07, 6.45) is 6.44. The van der Waals surface area contributed by atoms with E-state index in [4.69, 9.17) is 10.7 Å². The van der Waals surface area contributed by atoms with Crippen LogP contribution in [0, 0.1) is 13.8 Å². The summed E-state index contributed by atoms with van der Waals surface area (Å²) in [6.45, 7) is 9.51. The Balaban J connectivity index is 1.42. The Labute approximate surface area is 217 Å². The van der Waals surface area contributed by atoms with Gasteiger partial charge in [-0.2, -0.15) is 9.97 Å². The molecule has 1 aliphatic rings. The number of nitrogens with one attached hydrogen (secondary N) is 3. The molecule has 8 nitrogen and oxygen atoms in total. The van der Waals surface area contributed by atoms with Gasteiger partial charge in [-0.25, -0.2) is 0 Å². The summed E-state index contributed by atoms with van der Waals surface area (Å²) in [7, 11) is 0. The second kappa shape index (κ2) is 10.4. The third-order valence-corrected chi connectivity index (χ3v) is 6.72. The van der Waals surface area contributed by atoms with Crippen molar-refractivity contribution in [2.75, 3.05) is 30.3 Å². The zero-order valence-electron chi connectivity index (χ0n) is 21.6. The van der Waals surface area contributed by atoms with E-state index in [-0.39, 0.29) is 0 Å². The third-order valence-electron chi connectivity index (χ3n) is 6.72. The van der Waals surface area contributed by atoms with E-state index in [0.29, 0.717) is 28.7 Å². The van der Waals surface area contributed by atoms with Crippen LogP contribution >= 0.6 is 0 Å². The number of primary amides is 1. The molecule has 0 saturated carbocycles. The SMILES string of the molecule is CCCN1CCC=C(c2ccc(Nc3nc(Nc4ccc(C)cc4C(N)=O)c4cc[nH]c4n3)c(C)c2)C1. The first kappa shape index (κ1) is 24.5. The number of hydrogen-bond donors (Lipinski definition) is 4. The Morgan fingerprint density at radius 2 is 1.92 bits per heavy atom. The maximum absolute atomic E-state index is 12.0. The van der Waals surface area contributed by atoms with E-state index in [9.17, 15) is 4.79 Å². The van der Waals surface area contributed by atoms with Crippen molar-refractivity contribution >= 4 is 45.7 Å². The normalized spacial score (nSPS) is 14.0. The summed E-state index contributed by atoms with van der Waals surface area (Å²) in [5.74, 6) is 0.537. The van der Waals surface area contributed by atoms with Gasteiger partial charge in [-0.3, -0.25) is 9.69 Å². The molecule has 5 rings (SSSR count). The van der Waals surface area contributed by atoms with Gasteiger partial charge in [0.25, 0.3) is 5.91 Å². The Morgan fingerprint density at radius 1 is 1.08 bits per heavy atom. The summed E-state index contributed by atoms with van der Waals surface area (Å²) in [6, 6.07) is 13.9. The van der Waals surface area contributed by atoms with E-state index in [2.05, 4.69) is 63.6 Å². The first-order chi connectivity index (χ1) is 17.9. The zero-order chi connectivity index (χ0) is 25.9. The van der Waals surface area contributed by atoms with E-state index < -0.39 is 5.91 Å². The van der Waals surface area contributed by atoms with Gasteiger partial charge in [-0.15, -0.1) is 0 Å². The summed E-state index contributed by atoms with van der Waals surface area (Å²) in [5.41, 5.74) is 13.0. The topological polar surface area (TPSA) is 112 Å². The number of nitrogens with two attached hydrogens (primary N) is 1. The Kier molecular flexibility index (Phi) is 6.92. The van der Waals surface area contributed by atoms with Gasteiger partial charge in [0.1, 0.15) is 11.5 Å². The van der Waals surface area contributed by atoms with Crippen LogP contribution in [0.25, 0.3) is 16.6 Å².